The molecule has 0 aromatic rings. The van der Waals surface area contributed by atoms with Gasteiger partial charge in [0.05, 0.1) is 0 Å². The Bertz CT molecular complexity index is 215. The Labute approximate surface area is 79.2 Å². The van der Waals surface area contributed by atoms with Crippen molar-refractivity contribution >= 4 is 10.2 Å². The minimum atomic E-state index is 0.455. The Balaban J connectivity index is 2.89. The van der Waals surface area contributed by atoms with E-state index >= 15 is 0 Å². The maximum absolute atomic E-state index is 3.85. The van der Waals surface area contributed by atoms with E-state index in [-0.39, 0.29) is 0 Å². The summed E-state index contributed by atoms with van der Waals surface area (Å²) in [5.74, 6) is 0. The summed E-state index contributed by atoms with van der Waals surface area (Å²) >= 11 is 0. The van der Waals surface area contributed by atoms with E-state index < -0.39 is 0 Å². The van der Waals surface area contributed by atoms with E-state index in [2.05, 4.69) is 26.5 Å². The van der Waals surface area contributed by atoms with Gasteiger partial charge in [0.2, 0.25) is 0 Å². The van der Waals surface area contributed by atoms with Gasteiger partial charge in [-0.2, -0.15) is 0 Å². The standard InChI is InChI=1S/C11H20Si/c1-4-7-11(3)8-5-6-10(12)9(11)2/h4H,1,5-8H2,2-3,12H3. The van der Waals surface area contributed by atoms with Gasteiger partial charge < -0.3 is 0 Å². The molecule has 0 N–H and O–H groups in total. The molecule has 0 amide bonds. The summed E-state index contributed by atoms with van der Waals surface area (Å²) in [5.41, 5.74) is 2.12. The lowest BCUT2D eigenvalue weighted by atomic mass is 9.72. The van der Waals surface area contributed by atoms with Crippen LogP contribution in [0.4, 0.5) is 0 Å². The molecule has 1 heteroatoms. The Hall–Kier alpha value is -0.303. The largest absolute Gasteiger partial charge is 0.103 e. The normalized spacial score (nSPS) is 30.8. The summed E-state index contributed by atoms with van der Waals surface area (Å²) in [5, 5.41) is 1.74. The van der Waals surface area contributed by atoms with E-state index in [1.807, 2.05) is 0 Å². The highest BCUT2D eigenvalue weighted by Crippen LogP contribution is 2.42. The van der Waals surface area contributed by atoms with E-state index in [0.717, 1.165) is 6.42 Å². The van der Waals surface area contributed by atoms with Crippen LogP contribution in [-0.2, 0) is 0 Å². The van der Waals surface area contributed by atoms with Crippen LogP contribution in [0.3, 0.4) is 0 Å². The number of rotatable bonds is 2. The molecule has 12 heavy (non-hydrogen) atoms. The molecular weight excluding hydrogens is 160 g/mol. The zero-order valence-corrected chi connectivity index (χ0v) is 10.6. The first-order chi connectivity index (χ1) is 5.60. The molecule has 0 aromatic heterocycles. The van der Waals surface area contributed by atoms with Crippen molar-refractivity contribution in [3.8, 4) is 0 Å². The number of hydrogen-bond acceptors (Lipinski definition) is 0. The monoisotopic (exact) mass is 180 g/mol. The molecule has 0 fully saturated rings. The molecule has 1 aliphatic carbocycles. The van der Waals surface area contributed by atoms with E-state index in [1.165, 1.54) is 29.5 Å². The van der Waals surface area contributed by atoms with Gasteiger partial charge in [-0.15, -0.1) is 6.58 Å². The molecule has 0 nitrogen and oxygen atoms in total. The van der Waals surface area contributed by atoms with Gasteiger partial charge in [-0.05, 0) is 38.0 Å². The van der Waals surface area contributed by atoms with Crippen molar-refractivity contribution in [2.75, 3.05) is 0 Å². The highest BCUT2D eigenvalue weighted by Gasteiger charge is 2.28. The van der Waals surface area contributed by atoms with Crippen molar-refractivity contribution in [2.45, 2.75) is 39.5 Å². The Morgan fingerprint density at radius 3 is 2.92 bits per heavy atom. The molecule has 1 rings (SSSR count). The van der Waals surface area contributed by atoms with Crippen LogP contribution in [0.2, 0.25) is 0 Å². The molecular formula is C11H20Si. The van der Waals surface area contributed by atoms with Crippen molar-refractivity contribution in [3.05, 3.63) is 23.4 Å². The summed E-state index contributed by atoms with van der Waals surface area (Å²) in [4.78, 5) is 0. The fraction of sp³-hybridized carbons (Fsp3) is 0.636. The number of hydrogen-bond donors (Lipinski definition) is 0. The van der Waals surface area contributed by atoms with Gasteiger partial charge in [-0.1, -0.05) is 23.8 Å². The van der Waals surface area contributed by atoms with Gasteiger partial charge in [0.15, 0.2) is 0 Å². The number of allylic oxidation sites excluding steroid dienone is 3. The lowest BCUT2D eigenvalue weighted by molar-refractivity contribution is 0.339. The zero-order valence-electron chi connectivity index (χ0n) is 8.61. The second kappa shape index (κ2) is 3.61. The molecule has 68 valence electrons. The molecule has 0 saturated heterocycles. The first-order valence-electron chi connectivity index (χ1n) is 4.88. The molecule has 0 radical (unpaired) electrons. The van der Waals surface area contributed by atoms with Gasteiger partial charge in [-0.3, -0.25) is 0 Å². The molecule has 0 bridgehead atoms. The SMILES string of the molecule is C=CCC1(C)CCCC([SiH3])=C1C. The Morgan fingerprint density at radius 1 is 1.67 bits per heavy atom. The second-order valence-corrected chi connectivity index (χ2v) is 5.52. The average Bonchev–Trinajstić information content (AvgIpc) is 2.01. The van der Waals surface area contributed by atoms with Crippen LogP contribution in [0.25, 0.3) is 0 Å². The summed E-state index contributed by atoms with van der Waals surface area (Å²) in [7, 11) is 1.26. The minimum Gasteiger partial charge on any atom is -0.103 e. The van der Waals surface area contributed by atoms with E-state index in [4.69, 9.17) is 0 Å². The summed E-state index contributed by atoms with van der Waals surface area (Å²) < 4.78 is 0. The van der Waals surface area contributed by atoms with Crippen LogP contribution in [-0.4, -0.2) is 10.2 Å². The maximum Gasteiger partial charge on any atom is 0.0332 e. The van der Waals surface area contributed by atoms with Gasteiger partial charge in [0, 0.05) is 10.2 Å². The Kier molecular flexibility index (Phi) is 2.94. The minimum absolute atomic E-state index is 0.455. The van der Waals surface area contributed by atoms with Crippen molar-refractivity contribution < 1.29 is 0 Å². The Morgan fingerprint density at radius 2 is 2.33 bits per heavy atom. The van der Waals surface area contributed by atoms with Gasteiger partial charge in [-0.25, -0.2) is 0 Å². The molecule has 0 saturated carbocycles. The molecule has 0 heterocycles. The van der Waals surface area contributed by atoms with Crippen molar-refractivity contribution in [2.24, 2.45) is 5.41 Å². The summed E-state index contributed by atoms with van der Waals surface area (Å²) in [6.45, 7) is 8.56. The van der Waals surface area contributed by atoms with Crippen LogP contribution >= 0.6 is 0 Å². The smallest absolute Gasteiger partial charge is 0.0332 e. The molecule has 0 spiro atoms. The van der Waals surface area contributed by atoms with E-state index in [0.29, 0.717) is 5.41 Å². The maximum atomic E-state index is 3.85. The molecule has 1 atom stereocenters. The van der Waals surface area contributed by atoms with Crippen LogP contribution < -0.4 is 0 Å². The van der Waals surface area contributed by atoms with Crippen LogP contribution in [0.1, 0.15) is 39.5 Å². The van der Waals surface area contributed by atoms with Crippen molar-refractivity contribution in [1.29, 1.82) is 0 Å². The summed E-state index contributed by atoms with van der Waals surface area (Å²) in [6, 6.07) is 0. The zero-order chi connectivity index (χ0) is 9.19. The lowest BCUT2D eigenvalue weighted by Gasteiger charge is -2.35. The second-order valence-electron chi connectivity index (χ2n) is 4.31. The first-order valence-corrected chi connectivity index (χ1v) is 5.88. The molecule has 1 aliphatic rings. The predicted octanol–water partition coefficient (Wildman–Crippen LogP) is 2.39. The summed E-state index contributed by atoms with van der Waals surface area (Å²) in [6.07, 6.45) is 7.34. The molecule has 1 unspecified atom stereocenters. The van der Waals surface area contributed by atoms with Crippen molar-refractivity contribution in [1.82, 2.24) is 0 Å². The average molecular weight is 180 g/mol. The highest BCUT2D eigenvalue weighted by atomic mass is 28.1. The van der Waals surface area contributed by atoms with Crippen LogP contribution in [0, 0.1) is 5.41 Å². The van der Waals surface area contributed by atoms with E-state index in [9.17, 15) is 0 Å². The quantitative estimate of drug-likeness (QED) is 0.452. The van der Waals surface area contributed by atoms with Crippen molar-refractivity contribution in [3.63, 3.8) is 0 Å². The van der Waals surface area contributed by atoms with Gasteiger partial charge in [0.25, 0.3) is 0 Å². The first kappa shape index (κ1) is 9.78. The van der Waals surface area contributed by atoms with Crippen LogP contribution in [0.15, 0.2) is 23.4 Å². The molecule has 0 aromatic carbocycles. The molecule has 0 aliphatic heterocycles. The lowest BCUT2D eigenvalue weighted by Crippen LogP contribution is -2.22. The van der Waals surface area contributed by atoms with Crippen LogP contribution in [0.5, 0.6) is 0 Å². The fourth-order valence-electron chi connectivity index (χ4n) is 2.21. The van der Waals surface area contributed by atoms with Gasteiger partial charge in [0.1, 0.15) is 0 Å². The fourth-order valence-corrected chi connectivity index (χ4v) is 3.16. The van der Waals surface area contributed by atoms with E-state index in [1.54, 1.807) is 10.8 Å². The third-order valence-corrected chi connectivity index (χ3v) is 4.67. The highest BCUT2D eigenvalue weighted by molar-refractivity contribution is 6.22. The van der Waals surface area contributed by atoms with Gasteiger partial charge >= 0.3 is 0 Å². The third kappa shape index (κ3) is 1.71. The third-order valence-electron chi connectivity index (χ3n) is 3.42. The topological polar surface area (TPSA) is 0 Å². The predicted molar refractivity (Wildman–Crippen MR) is 59.4 cm³/mol.